The van der Waals surface area contributed by atoms with Crippen LogP contribution in [0, 0.1) is 5.82 Å². The summed E-state index contributed by atoms with van der Waals surface area (Å²) in [4.78, 5) is 10.6. The minimum Gasteiger partial charge on any atom is -0.545 e. The Hall–Kier alpha value is -3.19. The number of halogens is 1. The molecule has 1 aliphatic carbocycles. The number of nitrogens with one attached hydrogen (secondary N) is 1. The molecule has 3 aromatic carbocycles. The third-order valence-electron chi connectivity index (χ3n) is 4.52. The summed E-state index contributed by atoms with van der Waals surface area (Å²) in [5.74, 6) is -2.83. The van der Waals surface area contributed by atoms with E-state index in [1.165, 1.54) is 5.56 Å². The Morgan fingerprint density at radius 2 is 1.70 bits per heavy atom. The Labute approximate surface area is 155 Å². The first-order chi connectivity index (χ1) is 12.8. The maximum Gasteiger partial charge on any atom is 0.261 e. The van der Waals surface area contributed by atoms with Gasteiger partial charge in [-0.25, -0.2) is 12.8 Å². The van der Waals surface area contributed by atoms with E-state index >= 15 is 0 Å². The van der Waals surface area contributed by atoms with E-state index in [9.17, 15) is 22.7 Å². The molecular weight excluding hydrogens is 369 g/mol. The standard InChI is InChI=1S/C20H14FNO4S/c21-19-8-7-15(11-18(19)20(23)24)27(25,26)22-14-6-5-13-9-12-3-1-2-4-16(12)17(13)10-14/h1-8,10-11,22H,9H2,(H,23,24)/p-1. The number of hydrogen-bond donors (Lipinski definition) is 1. The molecule has 7 heteroatoms. The van der Waals surface area contributed by atoms with Crippen molar-refractivity contribution in [1.82, 2.24) is 0 Å². The van der Waals surface area contributed by atoms with Crippen molar-refractivity contribution in [3.05, 3.63) is 83.2 Å². The lowest BCUT2D eigenvalue weighted by molar-refractivity contribution is -0.255. The Morgan fingerprint density at radius 1 is 0.963 bits per heavy atom. The molecule has 3 aromatic rings. The summed E-state index contributed by atoms with van der Waals surface area (Å²) in [5, 5.41) is 10.9. The number of fused-ring (bicyclic) bond motifs is 3. The van der Waals surface area contributed by atoms with Gasteiger partial charge in [-0.1, -0.05) is 30.3 Å². The fourth-order valence-corrected chi connectivity index (χ4v) is 4.30. The van der Waals surface area contributed by atoms with Crippen LogP contribution in [0.1, 0.15) is 21.5 Å². The highest BCUT2D eigenvalue weighted by atomic mass is 32.2. The van der Waals surface area contributed by atoms with Gasteiger partial charge in [0.25, 0.3) is 10.0 Å². The Kier molecular flexibility index (Phi) is 3.96. The van der Waals surface area contributed by atoms with E-state index in [0.717, 1.165) is 41.3 Å². The third kappa shape index (κ3) is 3.06. The molecule has 0 aliphatic heterocycles. The molecular formula is C20H13FNO4S-. The molecule has 1 aliphatic rings. The van der Waals surface area contributed by atoms with Gasteiger partial charge >= 0.3 is 0 Å². The van der Waals surface area contributed by atoms with Crippen LogP contribution in [-0.2, 0) is 16.4 Å². The lowest BCUT2D eigenvalue weighted by Crippen LogP contribution is -2.24. The minimum atomic E-state index is -4.09. The molecule has 4 rings (SSSR count). The maximum atomic E-state index is 13.5. The zero-order valence-corrected chi connectivity index (χ0v) is 14.7. The van der Waals surface area contributed by atoms with Gasteiger partial charge in [0, 0.05) is 11.3 Å². The fraction of sp³-hybridized carbons (Fsp3) is 0.0500. The van der Waals surface area contributed by atoms with Gasteiger partial charge < -0.3 is 9.90 Å². The Balaban J connectivity index is 1.69. The second-order valence-corrected chi connectivity index (χ2v) is 7.92. The van der Waals surface area contributed by atoms with Crippen LogP contribution < -0.4 is 9.83 Å². The monoisotopic (exact) mass is 382 g/mol. The molecule has 0 fully saturated rings. The van der Waals surface area contributed by atoms with Crippen LogP contribution in [0.25, 0.3) is 11.1 Å². The van der Waals surface area contributed by atoms with Gasteiger partial charge in [-0.2, -0.15) is 0 Å². The number of aromatic carboxylic acids is 1. The Morgan fingerprint density at radius 3 is 2.48 bits per heavy atom. The molecule has 1 N–H and O–H groups in total. The van der Waals surface area contributed by atoms with E-state index in [1.54, 1.807) is 12.1 Å². The van der Waals surface area contributed by atoms with Gasteiger partial charge in [-0.15, -0.1) is 0 Å². The van der Waals surface area contributed by atoms with Crippen LogP contribution in [0.3, 0.4) is 0 Å². The predicted octanol–water partition coefficient (Wildman–Crippen LogP) is 2.56. The van der Waals surface area contributed by atoms with E-state index in [1.807, 2.05) is 30.3 Å². The molecule has 0 heterocycles. The summed E-state index contributed by atoms with van der Waals surface area (Å²) in [7, 11) is -4.09. The number of carbonyl (C=O) groups is 1. The summed E-state index contributed by atoms with van der Waals surface area (Å²) < 4.78 is 41.1. The average molecular weight is 382 g/mol. The lowest BCUT2D eigenvalue weighted by atomic mass is 10.1. The van der Waals surface area contributed by atoms with Crippen molar-refractivity contribution >= 4 is 21.7 Å². The highest BCUT2D eigenvalue weighted by Gasteiger charge is 2.21. The molecule has 136 valence electrons. The smallest absolute Gasteiger partial charge is 0.261 e. The van der Waals surface area contributed by atoms with Crippen LogP contribution in [0.2, 0.25) is 0 Å². The first-order valence-corrected chi connectivity index (χ1v) is 9.58. The van der Waals surface area contributed by atoms with Gasteiger partial charge in [0.1, 0.15) is 5.82 Å². The lowest BCUT2D eigenvalue weighted by Gasteiger charge is -2.12. The molecule has 0 unspecified atom stereocenters. The first kappa shape index (κ1) is 17.2. The van der Waals surface area contributed by atoms with Crippen LogP contribution in [0.15, 0.2) is 65.6 Å². The zero-order chi connectivity index (χ0) is 19.2. The van der Waals surface area contributed by atoms with E-state index in [0.29, 0.717) is 5.69 Å². The third-order valence-corrected chi connectivity index (χ3v) is 5.90. The van der Waals surface area contributed by atoms with Gasteiger partial charge in [0.2, 0.25) is 0 Å². The highest BCUT2D eigenvalue weighted by molar-refractivity contribution is 7.92. The highest BCUT2D eigenvalue weighted by Crippen LogP contribution is 2.38. The van der Waals surface area contributed by atoms with E-state index < -0.39 is 27.4 Å². The summed E-state index contributed by atoms with van der Waals surface area (Å²) in [5.41, 5.74) is 3.80. The SMILES string of the molecule is O=C([O-])c1cc(S(=O)(=O)Nc2ccc3c(c2)-c2ccccc2C3)ccc1F. The van der Waals surface area contributed by atoms with Crippen LogP contribution in [0.5, 0.6) is 0 Å². The molecule has 0 spiro atoms. The molecule has 0 aromatic heterocycles. The number of carboxylic acid groups (broad SMARTS) is 1. The van der Waals surface area contributed by atoms with Gasteiger partial charge in [-0.05, 0) is 59.0 Å². The Bertz CT molecular complexity index is 1190. The number of carbonyl (C=O) groups excluding carboxylic acids is 1. The van der Waals surface area contributed by atoms with Gasteiger partial charge in [0.15, 0.2) is 0 Å². The number of rotatable bonds is 4. The van der Waals surface area contributed by atoms with E-state index in [-0.39, 0.29) is 4.90 Å². The first-order valence-electron chi connectivity index (χ1n) is 8.10. The predicted molar refractivity (Wildman–Crippen MR) is 96.2 cm³/mol. The molecule has 5 nitrogen and oxygen atoms in total. The van der Waals surface area contributed by atoms with Crippen molar-refractivity contribution in [2.45, 2.75) is 11.3 Å². The van der Waals surface area contributed by atoms with Crippen molar-refractivity contribution in [1.29, 1.82) is 0 Å². The van der Waals surface area contributed by atoms with E-state index in [4.69, 9.17) is 0 Å². The molecule has 0 saturated carbocycles. The molecule has 0 saturated heterocycles. The second kappa shape index (κ2) is 6.21. The summed E-state index contributed by atoms with van der Waals surface area (Å²) in [6.07, 6.45) is 0.783. The molecule has 0 atom stereocenters. The molecule has 0 bridgehead atoms. The van der Waals surface area contributed by atoms with Crippen molar-refractivity contribution in [3.63, 3.8) is 0 Å². The van der Waals surface area contributed by atoms with Crippen molar-refractivity contribution in [2.75, 3.05) is 4.72 Å². The number of hydrogen-bond acceptors (Lipinski definition) is 4. The minimum absolute atomic E-state index is 0.338. The van der Waals surface area contributed by atoms with Crippen molar-refractivity contribution < 1.29 is 22.7 Å². The molecule has 27 heavy (non-hydrogen) atoms. The van der Waals surface area contributed by atoms with Crippen molar-refractivity contribution in [3.8, 4) is 11.1 Å². The van der Waals surface area contributed by atoms with Gasteiger partial charge in [0.05, 0.1) is 10.9 Å². The largest absolute Gasteiger partial charge is 0.545 e. The van der Waals surface area contributed by atoms with Crippen molar-refractivity contribution in [2.24, 2.45) is 0 Å². The van der Waals surface area contributed by atoms with Crippen LogP contribution >= 0.6 is 0 Å². The average Bonchev–Trinajstić information content (AvgIpc) is 2.99. The molecule has 0 radical (unpaired) electrons. The van der Waals surface area contributed by atoms with Gasteiger partial charge in [-0.3, -0.25) is 4.72 Å². The number of benzene rings is 3. The summed E-state index contributed by atoms with van der Waals surface area (Å²) in [6.45, 7) is 0. The number of carboxylic acids is 1. The number of anilines is 1. The summed E-state index contributed by atoms with van der Waals surface area (Å²) >= 11 is 0. The summed E-state index contributed by atoms with van der Waals surface area (Å²) in [6, 6.07) is 15.7. The second-order valence-electron chi connectivity index (χ2n) is 6.24. The van der Waals surface area contributed by atoms with Crippen LogP contribution in [-0.4, -0.2) is 14.4 Å². The zero-order valence-electron chi connectivity index (χ0n) is 13.9. The quantitative estimate of drug-likeness (QED) is 0.588. The topological polar surface area (TPSA) is 86.3 Å². The van der Waals surface area contributed by atoms with Crippen LogP contribution in [0.4, 0.5) is 10.1 Å². The normalized spacial score (nSPS) is 12.3. The van der Waals surface area contributed by atoms with E-state index in [2.05, 4.69) is 4.72 Å². The maximum absolute atomic E-state index is 13.5. The molecule has 0 amide bonds. The fourth-order valence-electron chi connectivity index (χ4n) is 3.23. The number of sulfonamides is 1.